The highest BCUT2D eigenvalue weighted by Crippen LogP contribution is 2.14. The van der Waals surface area contributed by atoms with Gasteiger partial charge in [-0.25, -0.2) is 9.67 Å². The number of likely N-dealkylation sites (tertiary alicyclic amines) is 1. The minimum Gasteiger partial charge on any atom is -0.377 e. The first-order valence-electron chi connectivity index (χ1n) is 9.14. The first kappa shape index (κ1) is 17.8. The number of carbonyl (C=O) groups is 2. The normalized spacial score (nSPS) is 21.4. The third-order valence-electron chi connectivity index (χ3n) is 4.80. The predicted molar refractivity (Wildman–Crippen MR) is 90.7 cm³/mol. The van der Waals surface area contributed by atoms with E-state index in [-0.39, 0.29) is 24.4 Å². The molecule has 1 fully saturated rings. The second-order valence-corrected chi connectivity index (χ2v) is 6.84. The number of amides is 2. The molecule has 8 heteroatoms. The monoisotopic (exact) mass is 349 g/mol. The number of fused-ring (bicyclic) bond motifs is 1. The molecule has 3 heterocycles. The number of nitrogens with zero attached hydrogens (tertiary/aromatic N) is 4. The van der Waals surface area contributed by atoms with Crippen LogP contribution in [0, 0.1) is 0 Å². The minimum absolute atomic E-state index is 0.0296. The zero-order valence-corrected chi connectivity index (χ0v) is 14.9. The Morgan fingerprint density at radius 1 is 1.28 bits per heavy atom. The molecule has 0 spiro atoms. The van der Waals surface area contributed by atoms with Crippen LogP contribution < -0.4 is 5.32 Å². The fourth-order valence-electron chi connectivity index (χ4n) is 3.50. The number of aryl methyl sites for hydroxylation is 1. The number of methoxy groups -OCH3 is 1. The van der Waals surface area contributed by atoms with E-state index in [9.17, 15) is 9.59 Å². The second kappa shape index (κ2) is 8.42. The lowest BCUT2D eigenvalue weighted by Crippen LogP contribution is -2.47. The van der Waals surface area contributed by atoms with Crippen molar-refractivity contribution in [2.45, 2.75) is 64.1 Å². The van der Waals surface area contributed by atoms with E-state index < -0.39 is 0 Å². The van der Waals surface area contributed by atoms with Gasteiger partial charge in [0.2, 0.25) is 11.8 Å². The Bertz CT molecular complexity index is 615. The lowest BCUT2D eigenvalue weighted by Gasteiger charge is -2.27. The molecule has 1 N–H and O–H groups in total. The second-order valence-electron chi connectivity index (χ2n) is 6.84. The van der Waals surface area contributed by atoms with E-state index in [0.717, 1.165) is 44.3 Å². The Morgan fingerprint density at radius 3 is 2.96 bits per heavy atom. The largest absolute Gasteiger partial charge is 0.377 e. The van der Waals surface area contributed by atoms with E-state index in [2.05, 4.69) is 15.4 Å². The van der Waals surface area contributed by atoms with Crippen molar-refractivity contribution < 1.29 is 14.3 Å². The van der Waals surface area contributed by atoms with Crippen LogP contribution in [0.25, 0.3) is 0 Å². The van der Waals surface area contributed by atoms with Crippen molar-refractivity contribution in [2.75, 3.05) is 20.2 Å². The molecule has 3 rings (SSSR count). The molecule has 2 aliphatic heterocycles. The Labute approximate surface area is 147 Å². The minimum atomic E-state index is -0.0837. The van der Waals surface area contributed by atoms with Crippen LogP contribution in [-0.2, 0) is 33.9 Å². The summed E-state index contributed by atoms with van der Waals surface area (Å²) in [7, 11) is 1.62. The number of hydrogen-bond donors (Lipinski definition) is 1. The molecular formula is C17H27N5O3. The molecule has 138 valence electrons. The van der Waals surface area contributed by atoms with Crippen LogP contribution in [0.1, 0.15) is 50.2 Å². The highest BCUT2D eigenvalue weighted by atomic mass is 16.5. The molecule has 0 radical (unpaired) electrons. The topological polar surface area (TPSA) is 89.3 Å². The van der Waals surface area contributed by atoms with Gasteiger partial charge in [0, 0.05) is 32.5 Å². The molecule has 0 saturated carbocycles. The van der Waals surface area contributed by atoms with Gasteiger partial charge in [-0.2, -0.15) is 5.10 Å². The van der Waals surface area contributed by atoms with Crippen LogP contribution in [-0.4, -0.2) is 57.7 Å². The van der Waals surface area contributed by atoms with Crippen molar-refractivity contribution in [1.82, 2.24) is 25.0 Å². The van der Waals surface area contributed by atoms with Crippen LogP contribution in [0.5, 0.6) is 0 Å². The first-order chi connectivity index (χ1) is 12.2. The summed E-state index contributed by atoms with van der Waals surface area (Å²) in [6.07, 6.45) is 6.33. The fourth-order valence-corrected chi connectivity index (χ4v) is 3.50. The summed E-state index contributed by atoms with van der Waals surface area (Å²) < 4.78 is 6.92. The van der Waals surface area contributed by atoms with Crippen LogP contribution in [0.15, 0.2) is 0 Å². The number of carbonyl (C=O) groups excluding carboxylic acids is 2. The molecule has 1 aromatic rings. The van der Waals surface area contributed by atoms with E-state index in [1.54, 1.807) is 12.0 Å². The number of rotatable bonds is 5. The van der Waals surface area contributed by atoms with Crippen LogP contribution in [0.4, 0.5) is 0 Å². The molecule has 0 aromatic carbocycles. The Kier molecular flexibility index (Phi) is 6.01. The zero-order chi connectivity index (χ0) is 17.6. The van der Waals surface area contributed by atoms with Gasteiger partial charge >= 0.3 is 0 Å². The van der Waals surface area contributed by atoms with Gasteiger partial charge < -0.3 is 15.0 Å². The Balaban J connectivity index is 1.51. The van der Waals surface area contributed by atoms with Gasteiger partial charge in [-0.1, -0.05) is 12.8 Å². The summed E-state index contributed by atoms with van der Waals surface area (Å²) in [5.74, 6) is 1.63. The van der Waals surface area contributed by atoms with E-state index in [0.29, 0.717) is 31.9 Å². The Morgan fingerprint density at radius 2 is 2.12 bits per heavy atom. The van der Waals surface area contributed by atoms with Crippen LogP contribution in [0.3, 0.4) is 0 Å². The van der Waals surface area contributed by atoms with Gasteiger partial charge in [0.25, 0.3) is 0 Å². The summed E-state index contributed by atoms with van der Waals surface area (Å²) in [4.78, 5) is 30.6. The molecule has 1 unspecified atom stereocenters. The smallest absolute Gasteiger partial charge is 0.239 e. The molecular weight excluding hydrogens is 322 g/mol. The molecule has 25 heavy (non-hydrogen) atoms. The third-order valence-corrected chi connectivity index (χ3v) is 4.80. The first-order valence-corrected chi connectivity index (χ1v) is 9.14. The highest BCUT2D eigenvalue weighted by Gasteiger charge is 2.24. The summed E-state index contributed by atoms with van der Waals surface area (Å²) in [6.45, 7) is 1.86. The third kappa shape index (κ3) is 4.78. The lowest BCUT2D eigenvalue weighted by atomic mass is 10.1. The lowest BCUT2D eigenvalue weighted by molar-refractivity contribution is -0.136. The van der Waals surface area contributed by atoms with Gasteiger partial charge in [0.05, 0.1) is 13.1 Å². The van der Waals surface area contributed by atoms with Crippen molar-refractivity contribution in [3.05, 3.63) is 11.6 Å². The fraction of sp³-hybridized carbons (Fsp3) is 0.765. The van der Waals surface area contributed by atoms with E-state index >= 15 is 0 Å². The zero-order valence-electron chi connectivity index (χ0n) is 14.9. The van der Waals surface area contributed by atoms with E-state index in [1.807, 2.05) is 4.68 Å². The maximum atomic E-state index is 12.4. The van der Waals surface area contributed by atoms with Crippen molar-refractivity contribution >= 4 is 11.8 Å². The summed E-state index contributed by atoms with van der Waals surface area (Å²) >= 11 is 0. The molecule has 8 nitrogen and oxygen atoms in total. The van der Waals surface area contributed by atoms with Crippen molar-refractivity contribution in [2.24, 2.45) is 0 Å². The number of nitrogens with one attached hydrogen (secondary N) is 1. The van der Waals surface area contributed by atoms with E-state index in [1.165, 1.54) is 0 Å². The van der Waals surface area contributed by atoms with Crippen LogP contribution >= 0.6 is 0 Å². The summed E-state index contributed by atoms with van der Waals surface area (Å²) in [5, 5.41) is 7.47. The molecule has 1 saturated heterocycles. The van der Waals surface area contributed by atoms with Gasteiger partial charge in [-0.05, 0) is 19.3 Å². The van der Waals surface area contributed by atoms with Crippen molar-refractivity contribution in [1.29, 1.82) is 0 Å². The number of hydrogen-bond acceptors (Lipinski definition) is 5. The van der Waals surface area contributed by atoms with Gasteiger partial charge in [0.15, 0.2) is 5.82 Å². The van der Waals surface area contributed by atoms with E-state index in [4.69, 9.17) is 4.74 Å². The standard InChI is InChI=1S/C17H27N5O3/c1-25-12-14-19-15-8-7-13(10-22(15)20-14)18-16(23)11-21-9-5-3-2-4-6-17(21)24/h13H,2-12H2,1H3,(H,18,23). The average molecular weight is 349 g/mol. The maximum absolute atomic E-state index is 12.4. The highest BCUT2D eigenvalue weighted by molar-refractivity contribution is 5.85. The average Bonchev–Trinajstić information content (AvgIpc) is 2.96. The Hall–Kier alpha value is -1.96. The number of ether oxygens (including phenoxy) is 1. The molecule has 2 amide bonds. The predicted octanol–water partition coefficient (Wildman–Crippen LogP) is 0.648. The molecule has 2 aliphatic rings. The van der Waals surface area contributed by atoms with Crippen molar-refractivity contribution in [3.63, 3.8) is 0 Å². The number of aromatic nitrogens is 3. The van der Waals surface area contributed by atoms with Crippen molar-refractivity contribution in [3.8, 4) is 0 Å². The van der Waals surface area contributed by atoms with Gasteiger partial charge in [0.1, 0.15) is 12.4 Å². The summed E-state index contributed by atoms with van der Waals surface area (Å²) in [6, 6.07) is 0.0296. The molecule has 1 atom stereocenters. The maximum Gasteiger partial charge on any atom is 0.239 e. The molecule has 0 bridgehead atoms. The quantitative estimate of drug-likeness (QED) is 0.843. The SMILES string of the molecule is COCc1nc2n(n1)CC(NC(=O)CN1CCCCCCC1=O)CC2. The van der Waals surface area contributed by atoms with Crippen LogP contribution in [0.2, 0.25) is 0 Å². The molecule has 1 aromatic heterocycles. The molecule has 0 aliphatic carbocycles. The van der Waals surface area contributed by atoms with Gasteiger partial charge in [-0.15, -0.1) is 0 Å². The summed E-state index contributed by atoms with van der Waals surface area (Å²) in [5.41, 5.74) is 0. The van der Waals surface area contributed by atoms with Gasteiger partial charge in [-0.3, -0.25) is 9.59 Å².